The Morgan fingerprint density at radius 1 is 1.19 bits per heavy atom. The Hall–Kier alpha value is -3.17. The Bertz CT molecular complexity index is 1240. The van der Waals surface area contributed by atoms with Crippen molar-refractivity contribution in [2.24, 2.45) is 0 Å². The lowest BCUT2D eigenvalue weighted by Gasteiger charge is -2.12. The van der Waals surface area contributed by atoms with Crippen LogP contribution in [0.15, 0.2) is 70.1 Å². The Morgan fingerprint density at radius 2 is 2.03 bits per heavy atom. The fourth-order valence-corrected chi connectivity index (χ4v) is 4.53. The standard InChI is InChI=1S/C22H20N4O3S2/c1-2-29-17-8-6-15(7-9-17)24-19(27)14-31-22-25-18-10-12-30-20(18)21(28)26(22)13-16-5-3-4-11-23-16/h3-12H,2,13-14H2,1H3,(H,24,27). The van der Waals surface area contributed by atoms with E-state index in [2.05, 4.69) is 15.3 Å². The number of hydrogen-bond donors (Lipinski definition) is 1. The summed E-state index contributed by atoms with van der Waals surface area (Å²) in [5, 5.41) is 5.19. The highest BCUT2D eigenvalue weighted by atomic mass is 32.2. The third-order valence-corrected chi connectivity index (χ3v) is 6.23. The lowest BCUT2D eigenvalue weighted by atomic mass is 10.3. The van der Waals surface area contributed by atoms with E-state index in [1.165, 1.54) is 23.1 Å². The van der Waals surface area contributed by atoms with Gasteiger partial charge in [-0.1, -0.05) is 17.8 Å². The molecule has 0 radical (unpaired) electrons. The van der Waals surface area contributed by atoms with Crippen LogP contribution in [0.4, 0.5) is 5.69 Å². The maximum absolute atomic E-state index is 13.0. The molecule has 1 amide bonds. The molecule has 0 aliphatic carbocycles. The second kappa shape index (κ2) is 9.76. The number of ether oxygens (including phenoxy) is 1. The van der Waals surface area contributed by atoms with Crippen molar-refractivity contribution in [1.82, 2.24) is 14.5 Å². The van der Waals surface area contributed by atoms with Gasteiger partial charge < -0.3 is 10.1 Å². The first-order valence-electron chi connectivity index (χ1n) is 9.67. The van der Waals surface area contributed by atoms with Gasteiger partial charge in [0.15, 0.2) is 5.16 Å². The van der Waals surface area contributed by atoms with E-state index in [1.54, 1.807) is 22.9 Å². The van der Waals surface area contributed by atoms with Crippen LogP contribution in [0.2, 0.25) is 0 Å². The zero-order chi connectivity index (χ0) is 21.6. The van der Waals surface area contributed by atoms with E-state index in [0.29, 0.717) is 34.2 Å². The molecule has 4 rings (SSSR count). The van der Waals surface area contributed by atoms with Gasteiger partial charge in [0.05, 0.1) is 30.1 Å². The van der Waals surface area contributed by atoms with Crippen LogP contribution in [0, 0.1) is 0 Å². The normalized spacial score (nSPS) is 10.9. The van der Waals surface area contributed by atoms with E-state index in [-0.39, 0.29) is 17.2 Å². The first-order valence-corrected chi connectivity index (χ1v) is 11.5. The lowest BCUT2D eigenvalue weighted by Crippen LogP contribution is -2.24. The van der Waals surface area contributed by atoms with Crippen LogP contribution >= 0.6 is 23.1 Å². The molecule has 4 aromatic rings. The molecule has 0 fully saturated rings. The molecule has 3 heterocycles. The number of thiophene rings is 1. The van der Waals surface area contributed by atoms with E-state index in [4.69, 9.17) is 4.74 Å². The lowest BCUT2D eigenvalue weighted by molar-refractivity contribution is -0.113. The number of rotatable bonds is 8. The Balaban J connectivity index is 1.51. The number of nitrogens with zero attached hydrogens (tertiary/aromatic N) is 3. The van der Waals surface area contributed by atoms with Gasteiger partial charge in [0.25, 0.3) is 5.56 Å². The number of anilines is 1. The van der Waals surface area contributed by atoms with Crippen molar-refractivity contribution in [3.05, 3.63) is 76.2 Å². The van der Waals surface area contributed by atoms with Gasteiger partial charge >= 0.3 is 0 Å². The summed E-state index contributed by atoms with van der Waals surface area (Å²) in [6.07, 6.45) is 1.69. The minimum absolute atomic E-state index is 0.123. The fourth-order valence-electron chi connectivity index (χ4n) is 2.96. The van der Waals surface area contributed by atoms with Gasteiger partial charge in [-0.3, -0.25) is 19.1 Å². The Kier molecular flexibility index (Phi) is 6.63. The summed E-state index contributed by atoms with van der Waals surface area (Å²) in [6.45, 7) is 2.80. The number of amides is 1. The topological polar surface area (TPSA) is 86.1 Å². The number of hydrogen-bond acceptors (Lipinski definition) is 7. The molecule has 0 spiro atoms. The molecule has 1 aromatic carbocycles. The zero-order valence-electron chi connectivity index (χ0n) is 16.8. The Morgan fingerprint density at radius 3 is 2.77 bits per heavy atom. The number of fused-ring (bicyclic) bond motifs is 1. The predicted molar refractivity (Wildman–Crippen MR) is 124 cm³/mol. The molecule has 3 aromatic heterocycles. The monoisotopic (exact) mass is 452 g/mol. The summed E-state index contributed by atoms with van der Waals surface area (Å²) in [7, 11) is 0. The maximum Gasteiger partial charge on any atom is 0.272 e. The largest absolute Gasteiger partial charge is 0.494 e. The number of aromatic nitrogens is 3. The summed E-state index contributed by atoms with van der Waals surface area (Å²) < 4.78 is 7.59. The highest BCUT2D eigenvalue weighted by molar-refractivity contribution is 7.99. The van der Waals surface area contributed by atoms with Crippen LogP contribution in [0.3, 0.4) is 0 Å². The third-order valence-electron chi connectivity index (χ3n) is 4.36. The maximum atomic E-state index is 13.0. The van der Waals surface area contributed by atoms with E-state index >= 15 is 0 Å². The molecule has 7 nitrogen and oxygen atoms in total. The summed E-state index contributed by atoms with van der Waals surface area (Å²) in [6, 6.07) is 14.6. The number of carbonyl (C=O) groups is 1. The average Bonchev–Trinajstić information content (AvgIpc) is 3.26. The van der Waals surface area contributed by atoms with E-state index in [1.807, 2.05) is 48.7 Å². The predicted octanol–water partition coefficient (Wildman–Crippen LogP) is 4.03. The van der Waals surface area contributed by atoms with Crippen LogP contribution in [0.5, 0.6) is 5.75 Å². The van der Waals surface area contributed by atoms with Gasteiger partial charge in [0.1, 0.15) is 10.4 Å². The van der Waals surface area contributed by atoms with Crippen molar-refractivity contribution in [1.29, 1.82) is 0 Å². The Labute approximate surface area is 187 Å². The van der Waals surface area contributed by atoms with Gasteiger partial charge in [-0.2, -0.15) is 0 Å². The zero-order valence-corrected chi connectivity index (χ0v) is 18.4. The molecule has 9 heteroatoms. The second-order valence-corrected chi connectivity index (χ2v) is 8.39. The third kappa shape index (κ3) is 5.12. The molecule has 0 aliphatic heterocycles. The van der Waals surface area contributed by atoms with E-state index in [9.17, 15) is 9.59 Å². The molecule has 0 saturated heterocycles. The molecule has 158 valence electrons. The van der Waals surface area contributed by atoms with Crippen molar-refractivity contribution in [3.63, 3.8) is 0 Å². The van der Waals surface area contributed by atoms with Gasteiger partial charge in [-0.15, -0.1) is 11.3 Å². The number of pyridine rings is 1. The van der Waals surface area contributed by atoms with E-state index < -0.39 is 0 Å². The number of thioether (sulfide) groups is 1. The average molecular weight is 453 g/mol. The van der Waals surface area contributed by atoms with Crippen LogP contribution in [0.25, 0.3) is 10.2 Å². The first-order chi connectivity index (χ1) is 15.1. The number of nitrogens with one attached hydrogen (secondary N) is 1. The fraction of sp³-hybridized carbons (Fsp3) is 0.182. The highest BCUT2D eigenvalue weighted by Gasteiger charge is 2.15. The van der Waals surface area contributed by atoms with Crippen LogP contribution in [-0.4, -0.2) is 32.8 Å². The molecular weight excluding hydrogens is 432 g/mol. The minimum atomic E-state index is -0.182. The van der Waals surface area contributed by atoms with Crippen LogP contribution < -0.4 is 15.6 Å². The minimum Gasteiger partial charge on any atom is -0.494 e. The molecule has 31 heavy (non-hydrogen) atoms. The van der Waals surface area contributed by atoms with Crippen molar-refractivity contribution in [2.45, 2.75) is 18.6 Å². The number of benzene rings is 1. The van der Waals surface area contributed by atoms with Crippen molar-refractivity contribution in [3.8, 4) is 5.75 Å². The first kappa shape index (κ1) is 21.1. The molecule has 0 saturated carbocycles. The summed E-state index contributed by atoms with van der Waals surface area (Å²) >= 11 is 2.59. The van der Waals surface area contributed by atoms with Crippen LogP contribution in [-0.2, 0) is 11.3 Å². The molecule has 0 bridgehead atoms. The van der Waals surface area contributed by atoms with Crippen molar-refractivity contribution < 1.29 is 9.53 Å². The molecule has 0 aliphatic rings. The second-order valence-electron chi connectivity index (χ2n) is 6.54. The van der Waals surface area contributed by atoms with Gasteiger partial charge in [0, 0.05) is 11.9 Å². The summed E-state index contributed by atoms with van der Waals surface area (Å²) in [5.74, 6) is 0.692. The van der Waals surface area contributed by atoms with Gasteiger partial charge in [0.2, 0.25) is 5.91 Å². The SMILES string of the molecule is CCOc1ccc(NC(=O)CSc2nc3ccsc3c(=O)n2Cc2ccccn2)cc1. The summed E-state index contributed by atoms with van der Waals surface area (Å²) in [5.41, 5.74) is 1.95. The quantitative estimate of drug-likeness (QED) is 0.321. The van der Waals surface area contributed by atoms with Crippen LogP contribution in [0.1, 0.15) is 12.6 Å². The van der Waals surface area contributed by atoms with Gasteiger partial charge in [-0.05, 0) is 54.8 Å². The molecule has 0 unspecified atom stereocenters. The number of carbonyl (C=O) groups excluding carboxylic acids is 1. The molecule has 0 atom stereocenters. The van der Waals surface area contributed by atoms with Gasteiger partial charge in [-0.25, -0.2) is 4.98 Å². The van der Waals surface area contributed by atoms with Crippen molar-refractivity contribution >= 4 is 44.9 Å². The molecular formula is C22H20N4O3S2. The van der Waals surface area contributed by atoms with Crippen molar-refractivity contribution in [2.75, 3.05) is 17.7 Å². The summed E-state index contributed by atoms with van der Waals surface area (Å²) in [4.78, 5) is 34.4. The highest BCUT2D eigenvalue weighted by Crippen LogP contribution is 2.22. The molecule has 1 N–H and O–H groups in total. The van der Waals surface area contributed by atoms with E-state index in [0.717, 1.165) is 11.4 Å². The smallest absolute Gasteiger partial charge is 0.272 e.